The molecule has 0 fully saturated rings. The van der Waals surface area contributed by atoms with Gasteiger partial charge in [0, 0.05) is 11.9 Å². The van der Waals surface area contributed by atoms with Crippen LogP contribution in [-0.4, -0.2) is 21.9 Å². The Kier molecular flexibility index (Phi) is 4.37. The molecule has 0 amide bonds. The highest BCUT2D eigenvalue weighted by atomic mass is 35.5. The zero-order valence-electron chi connectivity index (χ0n) is 10.7. The number of anilines is 1. The van der Waals surface area contributed by atoms with Crippen LogP contribution in [-0.2, 0) is 0 Å². The monoisotopic (exact) mass is 263 g/mol. The Labute approximate surface area is 113 Å². The molecule has 1 aromatic heterocycles. The molecular weight excluding hydrogens is 246 g/mol. The molecule has 0 radical (unpaired) electrons. The van der Waals surface area contributed by atoms with E-state index in [-0.39, 0.29) is 6.04 Å². The van der Waals surface area contributed by atoms with Crippen molar-refractivity contribution >= 4 is 28.5 Å². The number of aromatic nitrogens is 2. The second kappa shape index (κ2) is 6.01. The molecule has 3 nitrogen and oxygen atoms in total. The van der Waals surface area contributed by atoms with Crippen molar-refractivity contribution < 1.29 is 0 Å². The first-order valence-corrected chi connectivity index (χ1v) is 6.76. The third-order valence-corrected chi connectivity index (χ3v) is 3.12. The van der Waals surface area contributed by atoms with Crippen molar-refractivity contribution in [3.63, 3.8) is 0 Å². The predicted octanol–water partition coefficient (Wildman–Crippen LogP) is 3.70. The van der Waals surface area contributed by atoms with E-state index in [0.29, 0.717) is 11.8 Å². The third-order valence-electron chi connectivity index (χ3n) is 2.74. The van der Waals surface area contributed by atoms with Crippen molar-refractivity contribution in [2.45, 2.75) is 26.3 Å². The van der Waals surface area contributed by atoms with E-state index >= 15 is 0 Å². The van der Waals surface area contributed by atoms with Crippen molar-refractivity contribution in [2.24, 2.45) is 5.92 Å². The topological polar surface area (TPSA) is 37.8 Å². The fraction of sp³-hybridized carbons (Fsp3) is 0.429. The first-order chi connectivity index (χ1) is 8.69. The summed E-state index contributed by atoms with van der Waals surface area (Å²) in [6, 6.07) is 8.09. The van der Waals surface area contributed by atoms with E-state index in [0.717, 1.165) is 23.3 Å². The van der Waals surface area contributed by atoms with E-state index in [1.54, 1.807) is 6.20 Å². The average molecular weight is 264 g/mol. The van der Waals surface area contributed by atoms with Gasteiger partial charge in [-0.25, -0.2) is 4.98 Å². The van der Waals surface area contributed by atoms with Crippen molar-refractivity contribution in [1.29, 1.82) is 0 Å². The summed E-state index contributed by atoms with van der Waals surface area (Å²) in [6.07, 6.45) is 2.79. The van der Waals surface area contributed by atoms with Gasteiger partial charge in [-0.3, -0.25) is 4.98 Å². The van der Waals surface area contributed by atoms with E-state index in [9.17, 15) is 0 Å². The minimum absolute atomic E-state index is 0.238. The van der Waals surface area contributed by atoms with Gasteiger partial charge in [0.25, 0.3) is 0 Å². The number of rotatable bonds is 5. The van der Waals surface area contributed by atoms with Crippen LogP contribution in [0, 0.1) is 5.92 Å². The lowest BCUT2D eigenvalue weighted by molar-refractivity contribution is 0.541. The Balaban J connectivity index is 2.15. The largest absolute Gasteiger partial charge is 0.365 e. The van der Waals surface area contributed by atoms with Crippen LogP contribution in [0.25, 0.3) is 11.0 Å². The van der Waals surface area contributed by atoms with Crippen LogP contribution >= 0.6 is 11.6 Å². The molecule has 0 saturated carbocycles. The van der Waals surface area contributed by atoms with Crippen LogP contribution in [0.2, 0.25) is 0 Å². The van der Waals surface area contributed by atoms with Crippen molar-refractivity contribution in [3.05, 3.63) is 30.5 Å². The highest BCUT2D eigenvalue weighted by Gasteiger charge is 2.10. The SMILES string of the molecule is CC(C)CC(CCl)Nc1cnc2ccccc2n1. The molecule has 4 heteroatoms. The van der Waals surface area contributed by atoms with Gasteiger partial charge in [0.15, 0.2) is 0 Å². The molecule has 1 atom stereocenters. The molecular formula is C14H18ClN3. The summed E-state index contributed by atoms with van der Waals surface area (Å²) < 4.78 is 0. The number of alkyl halides is 1. The molecule has 96 valence electrons. The number of nitrogens with one attached hydrogen (secondary N) is 1. The van der Waals surface area contributed by atoms with E-state index < -0.39 is 0 Å². The van der Waals surface area contributed by atoms with Gasteiger partial charge in [0.2, 0.25) is 0 Å². The van der Waals surface area contributed by atoms with Gasteiger partial charge in [-0.05, 0) is 24.5 Å². The van der Waals surface area contributed by atoms with Crippen LogP contribution in [0.1, 0.15) is 20.3 Å². The molecule has 0 aliphatic rings. The second-order valence-corrected chi connectivity index (χ2v) is 5.18. The van der Waals surface area contributed by atoms with Gasteiger partial charge < -0.3 is 5.32 Å². The first-order valence-electron chi connectivity index (χ1n) is 6.23. The normalized spacial score (nSPS) is 12.9. The number of halogens is 1. The summed E-state index contributed by atoms with van der Waals surface area (Å²) in [5, 5.41) is 3.35. The summed E-state index contributed by atoms with van der Waals surface area (Å²) >= 11 is 5.97. The van der Waals surface area contributed by atoms with Crippen molar-refractivity contribution in [1.82, 2.24) is 9.97 Å². The maximum Gasteiger partial charge on any atom is 0.145 e. The minimum atomic E-state index is 0.238. The standard InChI is InChI=1S/C14H18ClN3/c1-10(2)7-11(8-15)17-14-9-16-12-5-3-4-6-13(12)18-14/h3-6,9-11H,7-8H2,1-2H3,(H,17,18). The van der Waals surface area contributed by atoms with E-state index in [2.05, 4.69) is 29.1 Å². The lowest BCUT2D eigenvalue weighted by Gasteiger charge is -2.18. The van der Waals surface area contributed by atoms with E-state index in [1.165, 1.54) is 0 Å². The predicted molar refractivity (Wildman–Crippen MR) is 77.1 cm³/mol. The highest BCUT2D eigenvalue weighted by Crippen LogP contribution is 2.15. The molecule has 0 aliphatic heterocycles. The van der Waals surface area contributed by atoms with Crippen LogP contribution < -0.4 is 5.32 Å². The Bertz CT molecular complexity index is 513. The molecule has 1 aromatic carbocycles. The molecule has 0 saturated heterocycles. The molecule has 1 unspecified atom stereocenters. The highest BCUT2D eigenvalue weighted by molar-refractivity contribution is 6.18. The average Bonchev–Trinajstić information content (AvgIpc) is 2.37. The Morgan fingerprint density at radius 1 is 1.22 bits per heavy atom. The molecule has 1 N–H and O–H groups in total. The summed E-state index contributed by atoms with van der Waals surface area (Å²) in [7, 11) is 0. The quantitative estimate of drug-likeness (QED) is 0.836. The number of hydrogen-bond acceptors (Lipinski definition) is 3. The van der Waals surface area contributed by atoms with Gasteiger partial charge in [0.1, 0.15) is 5.82 Å². The molecule has 2 rings (SSSR count). The van der Waals surface area contributed by atoms with Crippen LogP contribution in [0.5, 0.6) is 0 Å². The van der Waals surface area contributed by atoms with Gasteiger partial charge in [0.05, 0.1) is 17.2 Å². The molecule has 0 aliphatic carbocycles. The number of para-hydroxylation sites is 2. The summed E-state index contributed by atoms with van der Waals surface area (Å²) in [5.41, 5.74) is 1.81. The third kappa shape index (κ3) is 3.33. The maximum atomic E-state index is 5.97. The maximum absolute atomic E-state index is 5.97. The van der Waals surface area contributed by atoms with Crippen LogP contribution in [0.4, 0.5) is 5.82 Å². The summed E-state index contributed by atoms with van der Waals surface area (Å²) in [4.78, 5) is 8.92. The van der Waals surface area contributed by atoms with Crippen LogP contribution in [0.3, 0.4) is 0 Å². The van der Waals surface area contributed by atoms with Gasteiger partial charge in [-0.15, -0.1) is 11.6 Å². The van der Waals surface area contributed by atoms with Crippen molar-refractivity contribution in [3.8, 4) is 0 Å². The molecule has 18 heavy (non-hydrogen) atoms. The smallest absolute Gasteiger partial charge is 0.145 e. The summed E-state index contributed by atoms with van der Waals surface area (Å²) in [5.74, 6) is 1.97. The fourth-order valence-corrected chi connectivity index (χ4v) is 2.17. The van der Waals surface area contributed by atoms with E-state index in [4.69, 9.17) is 11.6 Å². The number of fused-ring (bicyclic) bond motifs is 1. The zero-order chi connectivity index (χ0) is 13.0. The summed E-state index contributed by atoms with van der Waals surface area (Å²) in [6.45, 7) is 4.38. The lowest BCUT2D eigenvalue weighted by Crippen LogP contribution is -2.24. The number of benzene rings is 1. The van der Waals surface area contributed by atoms with Gasteiger partial charge in [-0.1, -0.05) is 26.0 Å². The van der Waals surface area contributed by atoms with Crippen molar-refractivity contribution in [2.75, 3.05) is 11.2 Å². The first kappa shape index (κ1) is 13.1. The Morgan fingerprint density at radius 3 is 2.61 bits per heavy atom. The zero-order valence-corrected chi connectivity index (χ0v) is 11.5. The molecule has 1 heterocycles. The molecule has 0 spiro atoms. The van der Waals surface area contributed by atoms with Gasteiger partial charge >= 0.3 is 0 Å². The van der Waals surface area contributed by atoms with Crippen LogP contribution in [0.15, 0.2) is 30.5 Å². The fourth-order valence-electron chi connectivity index (χ4n) is 1.97. The second-order valence-electron chi connectivity index (χ2n) is 4.87. The lowest BCUT2D eigenvalue weighted by atomic mass is 10.1. The van der Waals surface area contributed by atoms with E-state index in [1.807, 2.05) is 24.3 Å². The van der Waals surface area contributed by atoms with Gasteiger partial charge in [-0.2, -0.15) is 0 Å². The Morgan fingerprint density at radius 2 is 1.94 bits per heavy atom. The molecule has 0 bridgehead atoms. The number of hydrogen-bond donors (Lipinski definition) is 1. The number of nitrogens with zero attached hydrogens (tertiary/aromatic N) is 2. The minimum Gasteiger partial charge on any atom is -0.365 e. The molecule has 2 aromatic rings. The Hall–Kier alpha value is -1.35.